The summed E-state index contributed by atoms with van der Waals surface area (Å²) in [6, 6.07) is 3.51. The number of aromatic nitrogens is 3. The van der Waals surface area contributed by atoms with Crippen LogP contribution in [0.2, 0.25) is 0 Å². The molecule has 0 unspecified atom stereocenters. The summed E-state index contributed by atoms with van der Waals surface area (Å²) in [5, 5.41) is 3.85. The van der Waals surface area contributed by atoms with Gasteiger partial charge in [-0.25, -0.2) is 9.78 Å². The molecule has 0 spiro atoms. The Bertz CT molecular complexity index is 677. The van der Waals surface area contributed by atoms with Gasteiger partial charge in [0.15, 0.2) is 5.82 Å². The van der Waals surface area contributed by atoms with Crippen molar-refractivity contribution in [3.05, 3.63) is 35.6 Å². The van der Waals surface area contributed by atoms with Crippen molar-refractivity contribution < 1.29 is 14.1 Å². The SMILES string of the molecule is CCOC(=O)c1cccnc1N1CCC(c2nc(C)no2)CC1. The number of nitrogens with zero attached hydrogens (tertiary/aromatic N) is 4. The molecule has 3 heterocycles. The Kier molecular flexibility index (Phi) is 4.55. The van der Waals surface area contributed by atoms with Crippen LogP contribution < -0.4 is 4.90 Å². The Morgan fingerprint density at radius 1 is 1.43 bits per heavy atom. The number of pyridine rings is 1. The van der Waals surface area contributed by atoms with Crippen molar-refractivity contribution in [3.8, 4) is 0 Å². The highest BCUT2D eigenvalue weighted by Crippen LogP contribution is 2.30. The summed E-state index contributed by atoms with van der Waals surface area (Å²) in [7, 11) is 0. The minimum atomic E-state index is -0.328. The molecular weight excluding hydrogens is 296 g/mol. The van der Waals surface area contributed by atoms with Gasteiger partial charge in [-0.2, -0.15) is 4.98 Å². The molecule has 1 fully saturated rings. The van der Waals surface area contributed by atoms with Gasteiger partial charge in [0.1, 0.15) is 11.4 Å². The van der Waals surface area contributed by atoms with Crippen molar-refractivity contribution in [2.24, 2.45) is 0 Å². The van der Waals surface area contributed by atoms with Crippen molar-refractivity contribution in [3.63, 3.8) is 0 Å². The Morgan fingerprint density at radius 3 is 2.87 bits per heavy atom. The van der Waals surface area contributed by atoms with Crippen LogP contribution in [0.4, 0.5) is 5.82 Å². The standard InChI is InChI=1S/C16H20N4O3/c1-3-22-16(21)13-5-4-8-17-14(13)20-9-6-12(7-10-20)15-18-11(2)19-23-15/h4-5,8,12H,3,6-7,9-10H2,1-2H3. The molecule has 7 nitrogen and oxygen atoms in total. The largest absolute Gasteiger partial charge is 0.462 e. The quantitative estimate of drug-likeness (QED) is 0.801. The molecule has 0 radical (unpaired) electrons. The fraction of sp³-hybridized carbons (Fsp3) is 0.500. The molecule has 1 aliphatic rings. The van der Waals surface area contributed by atoms with E-state index in [-0.39, 0.29) is 11.9 Å². The Balaban J connectivity index is 1.71. The summed E-state index contributed by atoms with van der Waals surface area (Å²) in [5.41, 5.74) is 0.515. The highest BCUT2D eigenvalue weighted by atomic mass is 16.5. The smallest absolute Gasteiger partial charge is 0.341 e. The molecule has 0 aromatic carbocycles. The first-order valence-corrected chi connectivity index (χ1v) is 7.86. The number of esters is 1. The van der Waals surface area contributed by atoms with E-state index in [0.29, 0.717) is 29.7 Å². The van der Waals surface area contributed by atoms with E-state index in [1.807, 2.05) is 6.92 Å². The van der Waals surface area contributed by atoms with Gasteiger partial charge < -0.3 is 14.2 Å². The molecule has 2 aromatic rings. The Labute approximate surface area is 134 Å². The zero-order valence-electron chi connectivity index (χ0n) is 13.4. The topological polar surface area (TPSA) is 81.4 Å². The molecule has 0 N–H and O–H groups in total. The number of hydrogen-bond donors (Lipinski definition) is 0. The van der Waals surface area contributed by atoms with Crippen molar-refractivity contribution >= 4 is 11.8 Å². The lowest BCUT2D eigenvalue weighted by molar-refractivity contribution is 0.0526. The van der Waals surface area contributed by atoms with Crippen LogP contribution in [-0.2, 0) is 4.74 Å². The fourth-order valence-corrected chi connectivity index (χ4v) is 2.83. The van der Waals surface area contributed by atoms with Gasteiger partial charge in [-0.3, -0.25) is 0 Å². The summed E-state index contributed by atoms with van der Waals surface area (Å²) < 4.78 is 10.4. The molecule has 1 aliphatic heterocycles. The Hall–Kier alpha value is -2.44. The van der Waals surface area contributed by atoms with Gasteiger partial charge in [0, 0.05) is 25.2 Å². The number of aryl methyl sites for hydroxylation is 1. The van der Waals surface area contributed by atoms with Gasteiger partial charge >= 0.3 is 5.97 Å². The number of hydrogen-bond acceptors (Lipinski definition) is 7. The number of piperidine rings is 1. The predicted octanol–water partition coefficient (Wildman–Crippen LogP) is 2.33. The molecule has 0 atom stereocenters. The molecule has 0 aliphatic carbocycles. The maximum atomic E-state index is 12.1. The first-order valence-electron chi connectivity index (χ1n) is 7.86. The van der Waals surface area contributed by atoms with Crippen LogP contribution in [0.1, 0.15) is 47.8 Å². The van der Waals surface area contributed by atoms with E-state index >= 15 is 0 Å². The first kappa shape index (κ1) is 15.5. The van der Waals surface area contributed by atoms with Crippen LogP contribution in [0.25, 0.3) is 0 Å². The van der Waals surface area contributed by atoms with Gasteiger partial charge in [0.25, 0.3) is 0 Å². The van der Waals surface area contributed by atoms with Gasteiger partial charge in [-0.05, 0) is 38.8 Å². The molecule has 7 heteroatoms. The number of rotatable bonds is 4. The minimum absolute atomic E-state index is 0.266. The zero-order valence-corrected chi connectivity index (χ0v) is 13.4. The highest BCUT2D eigenvalue weighted by Gasteiger charge is 2.27. The van der Waals surface area contributed by atoms with Crippen molar-refractivity contribution in [1.29, 1.82) is 0 Å². The molecule has 0 bridgehead atoms. The van der Waals surface area contributed by atoms with Gasteiger partial charge in [-0.15, -0.1) is 0 Å². The molecule has 122 valence electrons. The average Bonchev–Trinajstić information content (AvgIpc) is 3.02. The van der Waals surface area contributed by atoms with Crippen molar-refractivity contribution in [1.82, 2.24) is 15.1 Å². The zero-order chi connectivity index (χ0) is 16.2. The third-order valence-corrected chi connectivity index (χ3v) is 3.97. The lowest BCUT2D eigenvalue weighted by atomic mass is 9.96. The van der Waals surface area contributed by atoms with Crippen LogP contribution in [0, 0.1) is 6.92 Å². The maximum Gasteiger partial charge on any atom is 0.341 e. The van der Waals surface area contributed by atoms with E-state index in [1.54, 1.807) is 25.3 Å². The average molecular weight is 316 g/mol. The number of ether oxygens (including phenoxy) is 1. The summed E-state index contributed by atoms with van der Waals surface area (Å²) in [5.74, 6) is 1.99. The first-order chi connectivity index (χ1) is 11.2. The molecule has 0 amide bonds. The maximum absolute atomic E-state index is 12.1. The third-order valence-electron chi connectivity index (χ3n) is 3.97. The van der Waals surface area contributed by atoms with E-state index in [1.165, 1.54) is 0 Å². The second kappa shape index (κ2) is 6.76. The molecule has 23 heavy (non-hydrogen) atoms. The van der Waals surface area contributed by atoms with E-state index < -0.39 is 0 Å². The summed E-state index contributed by atoms with van der Waals surface area (Å²) in [4.78, 5) is 22.9. The molecular formula is C16H20N4O3. The normalized spacial score (nSPS) is 15.7. The van der Waals surface area contributed by atoms with Crippen LogP contribution in [0.5, 0.6) is 0 Å². The van der Waals surface area contributed by atoms with Gasteiger partial charge in [-0.1, -0.05) is 5.16 Å². The highest BCUT2D eigenvalue weighted by molar-refractivity contribution is 5.94. The molecule has 0 saturated carbocycles. The lowest BCUT2D eigenvalue weighted by Crippen LogP contribution is -2.34. The second-order valence-corrected chi connectivity index (χ2v) is 5.54. The monoisotopic (exact) mass is 316 g/mol. The molecule has 3 rings (SSSR count). The number of carbonyl (C=O) groups is 1. The summed E-state index contributed by atoms with van der Waals surface area (Å²) in [6.45, 7) is 5.55. The molecule has 1 saturated heterocycles. The Morgan fingerprint density at radius 2 is 2.22 bits per heavy atom. The van der Waals surface area contributed by atoms with Crippen LogP contribution >= 0.6 is 0 Å². The van der Waals surface area contributed by atoms with E-state index in [4.69, 9.17) is 9.26 Å². The fourth-order valence-electron chi connectivity index (χ4n) is 2.83. The summed E-state index contributed by atoms with van der Waals surface area (Å²) in [6.07, 6.45) is 3.48. The van der Waals surface area contributed by atoms with E-state index in [0.717, 1.165) is 25.9 Å². The second-order valence-electron chi connectivity index (χ2n) is 5.54. The third kappa shape index (κ3) is 3.33. The van der Waals surface area contributed by atoms with Gasteiger partial charge in [0.2, 0.25) is 5.89 Å². The lowest BCUT2D eigenvalue weighted by Gasteiger charge is -2.32. The van der Waals surface area contributed by atoms with Crippen LogP contribution in [0.3, 0.4) is 0 Å². The van der Waals surface area contributed by atoms with Crippen molar-refractivity contribution in [2.45, 2.75) is 32.6 Å². The molecule has 2 aromatic heterocycles. The predicted molar refractivity (Wildman–Crippen MR) is 83.4 cm³/mol. The minimum Gasteiger partial charge on any atom is -0.462 e. The summed E-state index contributed by atoms with van der Waals surface area (Å²) >= 11 is 0. The van der Waals surface area contributed by atoms with Crippen LogP contribution in [0.15, 0.2) is 22.9 Å². The number of anilines is 1. The van der Waals surface area contributed by atoms with E-state index in [9.17, 15) is 4.79 Å². The van der Waals surface area contributed by atoms with E-state index in [2.05, 4.69) is 20.0 Å². The van der Waals surface area contributed by atoms with Crippen molar-refractivity contribution in [2.75, 3.05) is 24.6 Å². The van der Waals surface area contributed by atoms with Crippen LogP contribution in [-0.4, -0.2) is 40.8 Å². The van der Waals surface area contributed by atoms with Gasteiger partial charge in [0.05, 0.1) is 6.61 Å². The number of carbonyl (C=O) groups excluding carboxylic acids is 1.